The first-order valence-corrected chi connectivity index (χ1v) is 9.50. The third-order valence-electron chi connectivity index (χ3n) is 5.13. The molecular weight excluding hydrogens is 334 g/mol. The number of fused-ring (bicyclic) bond motifs is 1. The number of hydrogen-bond acceptors (Lipinski definition) is 5. The van der Waals surface area contributed by atoms with Gasteiger partial charge in [0.05, 0.1) is 0 Å². The Bertz CT molecular complexity index is 925. The van der Waals surface area contributed by atoms with Gasteiger partial charge in [-0.15, -0.1) is 0 Å². The molecule has 4 rings (SSSR count). The fraction of sp³-hybridized carbons (Fsp3) is 0.318. The number of nitrogens with zero attached hydrogens (tertiary/aromatic N) is 5. The van der Waals surface area contributed by atoms with Gasteiger partial charge < -0.3 is 9.80 Å². The van der Waals surface area contributed by atoms with E-state index in [9.17, 15) is 0 Å². The molecule has 27 heavy (non-hydrogen) atoms. The van der Waals surface area contributed by atoms with Crippen molar-refractivity contribution in [1.82, 2.24) is 15.0 Å². The van der Waals surface area contributed by atoms with Crippen LogP contribution in [-0.2, 0) is 13.0 Å². The van der Waals surface area contributed by atoms with Crippen LogP contribution in [0.2, 0.25) is 0 Å². The lowest BCUT2D eigenvalue weighted by Crippen LogP contribution is -2.38. The molecule has 0 saturated carbocycles. The van der Waals surface area contributed by atoms with Crippen molar-refractivity contribution < 1.29 is 0 Å². The van der Waals surface area contributed by atoms with Crippen LogP contribution in [0.4, 0.5) is 11.5 Å². The van der Waals surface area contributed by atoms with Crippen molar-refractivity contribution in [2.75, 3.05) is 23.4 Å². The Morgan fingerprint density at radius 2 is 1.89 bits per heavy atom. The average molecular weight is 359 g/mol. The molecule has 0 saturated heterocycles. The molecule has 1 atom stereocenters. The third kappa shape index (κ3) is 3.50. The molecule has 5 nitrogen and oxygen atoms in total. The fourth-order valence-electron chi connectivity index (χ4n) is 3.68. The molecule has 0 aliphatic carbocycles. The number of aryl methyl sites for hydroxylation is 1. The van der Waals surface area contributed by atoms with Crippen LogP contribution < -0.4 is 9.80 Å². The zero-order valence-corrected chi connectivity index (χ0v) is 16.1. The SMILES string of the molecule is CCc1cc(N2Cc3ccccc3N(C)CC2C)nc(-c2ccccn2)n1. The van der Waals surface area contributed by atoms with E-state index in [4.69, 9.17) is 9.97 Å². The maximum atomic E-state index is 4.90. The molecule has 5 heteroatoms. The minimum Gasteiger partial charge on any atom is -0.372 e. The van der Waals surface area contributed by atoms with Crippen molar-refractivity contribution in [3.05, 3.63) is 66.0 Å². The Hall–Kier alpha value is -2.95. The highest BCUT2D eigenvalue weighted by Gasteiger charge is 2.25. The van der Waals surface area contributed by atoms with Crippen LogP contribution in [-0.4, -0.2) is 34.6 Å². The molecule has 138 valence electrons. The highest BCUT2D eigenvalue weighted by Crippen LogP contribution is 2.30. The van der Waals surface area contributed by atoms with Crippen molar-refractivity contribution in [3.8, 4) is 11.5 Å². The van der Waals surface area contributed by atoms with Gasteiger partial charge in [-0.1, -0.05) is 31.2 Å². The normalized spacial score (nSPS) is 16.8. The largest absolute Gasteiger partial charge is 0.372 e. The maximum absolute atomic E-state index is 4.90. The second kappa shape index (κ2) is 7.35. The lowest BCUT2D eigenvalue weighted by atomic mass is 10.1. The minimum atomic E-state index is 0.332. The molecule has 1 aliphatic rings. The van der Waals surface area contributed by atoms with Gasteiger partial charge >= 0.3 is 0 Å². The van der Waals surface area contributed by atoms with Gasteiger partial charge in [0.15, 0.2) is 5.82 Å². The Labute approximate surface area is 160 Å². The van der Waals surface area contributed by atoms with Crippen LogP contribution in [0.25, 0.3) is 11.5 Å². The number of benzene rings is 1. The van der Waals surface area contributed by atoms with Crippen molar-refractivity contribution >= 4 is 11.5 Å². The molecule has 0 radical (unpaired) electrons. The summed E-state index contributed by atoms with van der Waals surface area (Å²) in [4.78, 5) is 18.8. The standard InChI is InChI=1S/C22H25N5/c1-4-18-13-21(25-22(24-18)19-10-7-8-12-23-19)27-15-17-9-5-6-11-20(17)26(3)14-16(27)2/h5-13,16H,4,14-15H2,1-3H3. The van der Waals surface area contributed by atoms with Crippen molar-refractivity contribution in [3.63, 3.8) is 0 Å². The molecule has 0 fully saturated rings. The number of likely N-dealkylation sites (N-methyl/N-ethyl adjacent to an activating group) is 1. The van der Waals surface area contributed by atoms with E-state index in [2.05, 4.69) is 66.0 Å². The van der Waals surface area contributed by atoms with Crippen molar-refractivity contribution in [1.29, 1.82) is 0 Å². The van der Waals surface area contributed by atoms with Gasteiger partial charge in [0.25, 0.3) is 0 Å². The van der Waals surface area contributed by atoms with Crippen molar-refractivity contribution in [2.24, 2.45) is 0 Å². The molecule has 0 bridgehead atoms. The maximum Gasteiger partial charge on any atom is 0.180 e. The first-order chi connectivity index (χ1) is 13.2. The summed E-state index contributed by atoms with van der Waals surface area (Å²) in [6.45, 7) is 6.17. The molecule has 2 aromatic heterocycles. The lowest BCUT2D eigenvalue weighted by Gasteiger charge is -2.30. The second-order valence-electron chi connectivity index (χ2n) is 7.10. The minimum absolute atomic E-state index is 0.332. The lowest BCUT2D eigenvalue weighted by molar-refractivity contribution is 0.635. The Kier molecular flexibility index (Phi) is 4.75. The Balaban J connectivity index is 1.78. The van der Waals surface area contributed by atoms with Gasteiger partial charge in [-0.25, -0.2) is 9.97 Å². The van der Waals surface area contributed by atoms with E-state index < -0.39 is 0 Å². The van der Waals surface area contributed by atoms with Crippen molar-refractivity contribution in [2.45, 2.75) is 32.9 Å². The fourth-order valence-corrected chi connectivity index (χ4v) is 3.68. The number of anilines is 2. The van der Waals surface area contributed by atoms with E-state index in [1.165, 1.54) is 11.3 Å². The smallest absolute Gasteiger partial charge is 0.180 e. The molecule has 3 aromatic rings. The van der Waals surface area contributed by atoms with E-state index in [-0.39, 0.29) is 0 Å². The number of aromatic nitrogens is 3. The van der Waals surface area contributed by atoms with Crippen LogP contribution in [0, 0.1) is 0 Å². The summed E-state index contributed by atoms with van der Waals surface area (Å²) in [5.74, 6) is 1.67. The van der Waals surface area contributed by atoms with Gasteiger partial charge in [-0.05, 0) is 37.1 Å². The summed E-state index contributed by atoms with van der Waals surface area (Å²) in [7, 11) is 2.16. The zero-order chi connectivity index (χ0) is 18.8. The molecule has 0 N–H and O–H groups in total. The van der Waals surface area contributed by atoms with E-state index in [1.807, 2.05) is 18.2 Å². The van der Waals surface area contributed by atoms with Crippen LogP contribution >= 0.6 is 0 Å². The first kappa shape index (κ1) is 17.5. The molecule has 0 amide bonds. The molecule has 3 heterocycles. The number of rotatable bonds is 3. The quantitative estimate of drug-likeness (QED) is 0.709. The Morgan fingerprint density at radius 3 is 2.67 bits per heavy atom. The summed E-state index contributed by atoms with van der Waals surface area (Å²) < 4.78 is 0. The number of hydrogen-bond donors (Lipinski definition) is 0. The van der Waals surface area contributed by atoms with Crippen LogP contribution in [0.5, 0.6) is 0 Å². The monoisotopic (exact) mass is 359 g/mol. The van der Waals surface area contributed by atoms with Crippen LogP contribution in [0.3, 0.4) is 0 Å². The summed E-state index contributed by atoms with van der Waals surface area (Å²) in [5.41, 5.74) is 4.47. The molecular formula is C22H25N5. The third-order valence-corrected chi connectivity index (χ3v) is 5.13. The molecule has 1 aromatic carbocycles. The number of para-hydroxylation sites is 1. The van der Waals surface area contributed by atoms with E-state index >= 15 is 0 Å². The predicted molar refractivity (Wildman–Crippen MR) is 110 cm³/mol. The average Bonchev–Trinajstić information content (AvgIpc) is 2.84. The van der Waals surface area contributed by atoms with Gasteiger partial charge in [-0.3, -0.25) is 4.98 Å². The van der Waals surface area contributed by atoms with E-state index in [1.54, 1.807) is 6.20 Å². The second-order valence-corrected chi connectivity index (χ2v) is 7.10. The van der Waals surface area contributed by atoms with Gasteiger partial charge in [0, 0.05) is 49.8 Å². The van der Waals surface area contributed by atoms with Gasteiger partial charge in [-0.2, -0.15) is 0 Å². The molecule has 0 spiro atoms. The van der Waals surface area contributed by atoms with E-state index in [0.717, 1.165) is 36.7 Å². The zero-order valence-electron chi connectivity index (χ0n) is 16.1. The van der Waals surface area contributed by atoms with Crippen LogP contribution in [0.1, 0.15) is 25.1 Å². The predicted octanol–water partition coefficient (Wildman–Crippen LogP) is 3.95. The van der Waals surface area contributed by atoms with Crippen LogP contribution in [0.15, 0.2) is 54.7 Å². The molecule has 1 unspecified atom stereocenters. The van der Waals surface area contributed by atoms with E-state index in [0.29, 0.717) is 11.9 Å². The number of pyridine rings is 1. The van der Waals surface area contributed by atoms with Gasteiger partial charge in [0.1, 0.15) is 11.5 Å². The Morgan fingerprint density at radius 1 is 1.07 bits per heavy atom. The topological polar surface area (TPSA) is 45.2 Å². The summed E-state index contributed by atoms with van der Waals surface area (Å²) >= 11 is 0. The highest BCUT2D eigenvalue weighted by atomic mass is 15.3. The summed E-state index contributed by atoms with van der Waals surface area (Å²) in [6.07, 6.45) is 2.66. The highest BCUT2D eigenvalue weighted by molar-refractivity contribution is 5.59. The van der Waals surface area contributed by atoms with Gasteiger partial charge in [0.2, 0.25) is 0 Å². The molecule has 1 aliphatic heterocycles. The first-order valence-electron chi connectivity index (χ1n) is 9.50. The summed E-state index contributed by atoms with van der Waals surface area (Å²) in [6, 6.07) is 16.9. The summed E-state index contributed by atoms with van der Waals surface area (Å²) in [5, 5.41) is 0.